The minimum atomic E-state index is -3.17. The van der Waals surface area contributed by atoms with E-state index in [1.807, 2.05) is 30.3 Å². The lowest BCUT2D eigenvalue weighted by atomic mass is 10.1. The Morgan fingerprint density at radius 3 is 2.35 bits per heavy atom. The topological polar surface area (TPSA) is 121 Å². The number of aromatic nitrogens is 2. The average Bonchev–Trinajstić information content (AvgIpc) is 3.79. The van der Waals surface area contributed by atoms with E-state index in [-0.39, 0.29) is 6.04 Å². The van der Waals surface area contributed by atoms with Crippen molar-refractivity contribution >= 4 is 44.2 Å². The van der Waals surface area contributed by atoms with Crippen molar-refractivity contribution in [3.63, 3.8) is 0 Å². The van der Waals surface area contributed by atoms with Crippen LogP contribution in [0.3, 0.4) is 0 Å². The maximum Gasteiger partial charge on any atom is 0.211 e. The molecular formula is C29H36N6O4S. The van der Waals surface area contributed by atoms with Crippen molar-refractivity contribution in [2.24, 2.45) is 5.92 Å². The molecule has 2 heterocycles. The van der Waals surface area contributed by atoms with Gasteiger partial charge in [-0.1, -0.05) is 0 Å². The number of allylic oxidation sites excluding steroid dienone is 1. The number of sulfonamides is 1. The fourth-order valence-corrected chi connectivity index (χ4v) is 5.80. The molecule has 2 N–H and O–H groups in total. The van der Waals surface area contributed by atoms with Crippen molar-refractivity contribution < 1.29 is 17.9 Å². The Morgan fingerprint density at radius 2 is 1.75 bits per heavy atom. The number of fused-ring (bicyclic) bond motifs is 1. The molecule has 212 valence electrons. The van der Waals surface area contributed by atoms with Crippen molar-refractivity contribution in [3.05, 3.63) is 54.5 Å². The van der Waals surface area contributed by atoms with Crippen LogP contribution in [0.25, 0.3) is 16.6 Å². The standard InChI is InChI=1S/C29H36N6O4S/c1-38-25-12-24(13-26(15-25)39-2)35(19-20-4-5-20)23-6-7-27-28(14-23)33-29(18-32-27)21(16-30)17-31-22-8-10-34(11-9-22)40(3,36)37/h6-7,12-18,20,22,30-31H,4-5,8-11,19H2,1-3H3/b21-17+,30-16?. The molecule has 5 rings (SSSR count). The number of benzene rings is 2. The maximum absolute atomic E-state index is 11.8. The number of nitrogens with zero attached hydrogens (tertiary/aromatic N) is 4. The summed E-state index contributed by atoms with van der Waals surface area (Å²) >= 11 is 0. The van der Waals surface area contributed by atoms with Crippen LogP contribution >= 0.6 is 0 Å². The fraction of sp³-hybridized carbons (Fsp3) is 0.414. The highest BCUT2D eigenvalue weighted by atomic mass is 32.2. The second kappa shape index (κ2) is 11.8. The SMILES string of the molecule is COc1cc(OC)cc(N(CC2CC2)c2ccc3ncc(/C(C=N)=C/NC4CCN(S(C)(=O)=O)CC4)nc3c2)c1. The minimum Gasteiger partial charge on any atom is -0.497 e. The largest absolute Gasteiger partial charge is 0.497 e. The second-order valence-electron chi connectivity index (χ2n) is 10.4. The van der Waals surface area contributed by atoms with Crippen molar-refractivity contribution in [1.29, 1.82) is 5.41 Å². The van der Waals surface area contributed by atoms with Crippen molar-refractivity contribution in [3.8, 4) is 11.5 Å². The van der Waals surface area contributed by atoms with Crippen LogP contribution in [0.15, 0.2) is 48.8 Å². The molecule has 0 radical (unpaired) electrons. The van der Waals surface area contributed by atoms with E-state index >= 15 is 0 Å². The second-order valence-corrected chi connectivity index (χ2v) is 12.4. The van der Waals surface area contributed by atoms with E-state index in [1.54, 1.807) is 26.6 Å². The van der Waals surface area contributed by atoms with Crippen LogP contribution in [0.5, 0.6) is 11.5 Å². The van der Waals surface area contributed by atoms with E-state index in [1.165, 1.54) is 29.6 Å². The van der Waals surface area contributed by atoms with Crippen LogP contribution in [0.4, 0.5) is 11.4 Å². The molecule has 2 aliphatic rings. The Balaban J connectivity index is 1.40. The molecule has 0 atom stereocenters. The van der Waals surface area contributed by atoms with Gasteiger partial charge in [0.15, 0.2) is 0 Å². The molecule has 1 aromatic heterocycles. The van der Waals surface area contributed by atoms with Crippen molar-refractivity contribution in [2.75, 3.05) is 45.0 Å². The number of rotatable bonds is 11. The highest BCUT2D eigenvalue weighted by Crippen LogP contribution is 2.38. The molecule has 0 amide bonds. The highest BCUT2D eigenvalue weighted by molar-refractivity contribution is 7.88. The van der Waals surface area contributed by atoms with Gasteiger partial charge in [-0.05, 0) is 49.8 Å². The fourth-order valence-electron chi connectivity index (χ4n) is 4.92. The molecule has 0 bridgehead atoms. The molecule has 40 heavy (non-hydrogen) atoms. The van der Waals surface area contributed by atoms with Crippen molar-refractivity contribution in [2.45, 2.75) is 31.7 Å². The zero-order valence-corrected chi connectivity index (χ0v) is 23.9. The Hall–Kier alpha value is -3.70. The van der Waals surface area contributed by atoms with E-state index in [2.05, 4.69) is 21.3 Å². The average molecular weight is 565 g/mol. The third-order valence-corrected chi connectivity index (χ3v) is 8.78. The van der Waals surface area contributed by atoms with Gasteiger partial charge in [-0.25, -0.2) is 17.7 Å². The summed E-state index contributed by atoms with van der Waals surface area (Å²) in [6.07, 6.45) is 9.81. The van der Waals surface area contributed by atoms with Gasteiger partial charge in [0, 0.05) is 73.2 Å². The Kier molecular flexibility index (Phi) is 8.22. The summed E-state index contributed by atoms with van der Waals surface area (Å²) < 4.78 is 36.1. The van der Waals surface area contributed by atoms with Crippen LogP contribution < -0.4 is 19.7 Å². The van der Waals surface area contributed by atoms with Gasteiger partial charge in [-0.2, -0.15) is 0 Å². The van der Waals surface area contributed by atoms with E-state index < -0.39 is 10.0 Å². The molecule has 0 spiro atoms. The monoisotopic (exact) mass is 564 g/mol. The third kappa shape index (κ3) is 6.53. The normalized spacial score (nSPS) is 17.0. The molecular weight excluding hydrogens is 528 g/mol. The van der Waals surface area contributed by atoms with E-state index in [9.17, 15) is 8.42 Å². The number of hydrogen-bond acceptors (Lipinski definition) is 9. The molecule has 2 fully saturated rings. The van der Waals surface area contributed by atoms with Gasteiger partial charge < -0.3 is 25.1 Å². The van der Waals surface area contributed by atoms with E-state index in [0.717, 1.165) is 40.5 Å². The molecule has 1 saturated heterocycles. The summed E-state index contributed by atoms with van der Waals surface area (Å²) in [6.45, 7) is 1.85. The van der Waals surface area contributed by atoms with Crippen LogP contribution in [-0.4, -0.2) is 75.1 Å². The molecule has 1 saturated carbocycles. The van der Waals surface area contributed by atoms with Crippen LogP contribution in [-0.2, 0) is 10.0 Å². The van der Waals surface area contributed by atoms with E-state index in [0.29, 0.717) is 43.1 Å². The van der Waals surface area contributed by atoms with Gasteiger partial charge in [-0.15, -0.1) is 0 Å². The lowest BCUT2D eigenvalue weighted by Crippen LogP contribution is -2.43. The first-order valence-electron chi connectivity index (χ1n) is 13.5. The van der Waals surface area contributed by atoms with Crippen LogP contribution in [0.1, 0.15) is 31.4 Å². The summed E-state index contributed by atoms with van der Waals surface area (Å²) in [5, 5.41) is 11.4. The van der Waals surface area contributed by atoms with Gasteiger partial charge in [0.2, 0.25) is 10.0 Å². The van der Waals surface area contributed by atoms with E-state index in [4.69, 9.17) is 19.9 Å². The number of nitrogens with one attached hydrogen (secondary N) is 2. The molecule has 0 unspecified atom stereocenters. The molecule has 1 aliphatic carbocycles. The number of methoxy groups -OCH3 is 2. The smallest absolute Gasteiger partial charge is 0.211 e. The first kappa shape index (κ1) is 27.9. The lowest BCUT2D eigenvalue weighted by molar-refractivity contribution is 0.305. The lowest BCUT2D eigenvalue weighted by Gasteiger charge is -2.30. The van der Waals surface area contributed by atoms with Gasteiger partial charge in [-0.3, -0.25) is 4.98 Å². The number of anilines is 2. The summed E-state index contributed by atoms with van der Waals surface area (Å²) in [5.41, 5.74) is 4.69. The molecule has 1 aliphatic heterocycles. The predicted molar refractivity (Wildman–Crippen MR) is 158 cm³/mol. The third-order valence-electron chi connectivity index (χ3n) is 7.47. The molecule has 3 aromatic rings. The highest BCUT2D eigenvalue weighted by Gasteiger charge is 2.27. The summed E-state index contributed by atoms with van der Waals surface area (Å²) in [6, 6.07) is 12.1. The van der Waals surface area contributed by atoms with Gasteiger partial charge in [0.25, 0.3) is 0 Å². The molecule has 2 aromatic carbocycles. The summed E-state index contributed by atoms with van der Waals surface area (Å²) in [5.74, 6) is 2.09. The van der Waals surface area contributed by atoms with Gasteiger partial charge in [0.1, 0.15) is 11.5 Å². The van der Waals surface area contributed by atoms with Crippen LogP contribution in [0.2, 0.25) is 0 Å². The number of hydrogen-bond donors (Lipinski definition) is 2. The quantitative estimate of drug-likeness (QED) is 0.333. The van der Waals surface area contributed by atoms with Crippen LogP contribution in [0, 0.1) is 11.3 Å². The van der Waals surface area contributed by atoms with Gasteiger partial charge in [0.05, 0.1) is 43.4 Å². The zero-order valence-electron chi connectivity index (χ0n) is 23.1. The summed E-state index contributed by atoms with van der Waals surface area (Å²) in [7, 11) is 0.136. The predicted octanol–water partition coefficient (Wildman–Crippen LogP) is 4.20. The number of ether oxygens (including phenoxy) is 2. The molecule has 10 nitrogen and oxygen atoms in total. The first-order valence-corrected chi connectivity index (χ1v) is 15.3. The molecule has 11 heteroatoms. The Labute approximate surface area is 235 Å². The summed E-state index contributed by atoms with van der Waals surface area (Å²) in [4.78, 5) is 11.8. The Bertz CT molecular complexity index is 1490. The van der Waals surface area contributed by atoms with Gasteiger partial charge >= 0.3 is 0 Å². The number of piperidine rings is 1. The van der Waals surface area contributed by atoms with Crippen molar-refractivity contribution in [1.82, 2.24) is 19.6 Å². The maximum atomic E-state index is 11.8. The minimum absolute atomic E-state index is 0.129. The first-order chi connectivity index (χ1) is 19.3. The Morgan fingerprint density at radius 1 is 1.05 bits per heavy atom. The zero-order chi connectivity index (χ0) is 28.3.